The van der Waals surface area contributed by atoms with Gasteiger partial charge in [0.1, 0.15) is 18.4 Å². The van der Waals surface area contributed by atoms with Crippen LogP contribution in [-0.4, -0.2) is 50.3 Å². The van der Waals surface area contributed by atoms with Crippen LogP contribution in [0, 0.1) is 5.82 Å². The minimum atomic E-state index is -4.29. The summed E-state index contributed by atoms with van der Waals surface area (Å²) >= 11 is 0. The van der Waals surface area contributed by atoms with E-state index in [4.69, 9.17) is 0 Å². The number of halogens is 1. The van der Waals surface area contributed by atoms with E-state index >= 15 is 0 Å². The monoisotopic (exact) mass is 525 g/mol. The van der Waals surface area contributed by atoms with Gasteiger partial charge in [-0.15, -0.1) is 0 Å². The number of para-hydroxylation sites is 1. The first-order chi connectivity index (χ1) is 17.6. The van der Waals surface area contributed by atoms with Crippen LogP contribution in [-0.2, 0) is 26.0 Å². The quantitative estimate of drug-likeness (QED) is 0.410. The molecule has 0 saturated heterocycles. The number of rotatable bonds is 11. The summed E-state index contributed by atoms with van der Waals surface area (Å²) in [6, 6.07) is 21.4. The summed E-state index contributed by atoms with van der Waals surface area (Å²) in [6.07, 6.45) is 0.455. The van der Waals surface area contributed by atoms with E-state index in [1.165, 1.54) is 35.2 Å². The van der Waals surface area contributed by atoms with Crippen molar-refractivity contribution in [1.29, 1.82) is 0 Å². The lowest BCUT2D eigenvalue weighted by Gasteiger charge is -2.32. The third-order valence-electron chi connectivity index (χ3n) is 5.81. The molecular weight excluding hydrogens is 493 g/mol. The first-order valence-corrected chi connectivity index (χ1v) is 13.5. The summed E-state index contributed by atoms with van der Waals surface area (Å²) in [6.45, 7) is 4.72. The summed E-state index contributed by atoms with van der Waals surface area (Å²) in [4.78, 5) is 27.8. The highest BCUT2D eigenvalue weighted by Crippen LogP contribution is 2.26. The van der Waals surface area contributed by atoms with Crippen molar-refractivity contribution in [3.63, 3.8) is 0 Å². The molecule has 0 aliphatic rings. The molecule has 0 spiro atoms. The number of carbonyl (C=O) groups is 2. The first-order valence-electron chi connectivity index (χ1n) is 12.1. The van der Waals surface area contributed by atoms with E-state index in [-0.39, 0.29) is 29.1 Å². The van der Waals surface area contributed by atoms with Crippen LogP contribution >= 0.6 is 0 Å². The zero-order valence-corrected chi connectivity index (χ0v) is 22.0. The Morgan fingerprint density at radius 3 is 2.03 bits per heavy atom. The van der Waals surface area contributed by atoms with Gasteiger partial charge in [-0.2, -0.15) is 0 Å². The normalized spacial score (nSPS) is 12.1. The van der Waals surface area contributed by atoms with E-state index < -0.39 is 34.3 Å². The van der Waals surface area contributed by atoms with Crippen LogP contribution in [0.25, 0.3) is 0 Å². The zero-order chi connectivity index (χ0) is 27.0. The van der Waals surface area contributed by atoms with Crippen LogP contribution < -0.4 is 9.62 Å². The number of benzene rings is 3. The molecule has 3 aromatic rings. The molecule has 3 aromatic carbocycles. The molecule has 0 aliphatic carbocycles. The predicted octanol–water partition coefficient (Wildman–Crippen LogP) is 4.01. The fourth-order valence-corrected chi connectivity index (χ4v) is 5.31. The van der Waals surface area contributed by atoms with Crippen LogP contribution in [0.15, 0.2) is 89.8 Å². The van der Waals surface area contributed by atoms with E-state index in [9.17, 15) is 22.4 Å². The largest absolute Gasteiger partial charge is 0.352 e. The van der Waals surface area contributed by atoms with E-state index in [0.29, 0.717) is 6.42 Å². The van der Waals surface area contributed by atoms with Crippen LogP contribution in [0.4, 0.5) is 10.1 Å². The molecule has 0 aliphatic heterocycles. The number of sulfonamides is 1. The van der Waals surface area contributed by atoms with E-state index in [1.54, 1.807) is 25.1 Å². The average Bonchev–Trinajstić information content (AvgIpc) is 2.88. The van der Waals surface area contributed by atoms with Gasteiger partial charge in [0.25, 0.3) is 10.0 Å². The maximum Gasteiger partial charge on any atom is 0.264 e. The van der Waals surface area contributed by atoms with Crippen molar-refractivity contribution in [2.24, 2.45) is 0 Å². The van der Waals surface area contributed by atoms with Gasteiger partial charge in [-0.05, 0) is 57.0 Å². The predicted molar refractivity (Wildman–Crippen MR) is 142 cm³/mol. The van der Waals surface area contributed by atoms with Crippen molar-refractivity contribution >= 4 is 27.5 Å². The molecule has 0 bridgehead atoms. The number of hydrogen-bond donors (Lipinski definition) is 1. The summed E-state index contributed by atoms with van der Waals surface area (Å²) in [5.41, 5.74) is 0.710. The van der Waals surface area contributed by atoms with Crippen LogP contribution in [0.2, 0.25) is 0 Å². The molecule has 9 heteroatoms. The fourth-order valence-electron chi connectivity index (χ4n) is 3.86. The number of amides is 2. The molecule has 37 heavy (non-hydrogen) atoms. The highest BCUT2D eigenvalue weighted by molar-refractivity contribution is 7.92. The van der Waals surface area contributed by atoms with Gasteiger partial charge in [0.2, 0.25) is 11.8 Å². The molecule has 1 atom stereocenters. The standard InChI is InChI=1S/C28H32FN3O4S/c1-21(2)30-28(34)22(3)31(19-18-23-12-6-4-7-13-23)27(33)20-32(26-17-11-10-16-25(26)29)37(35,36)24-14-8-5-9-15-24/h4-17,21-22H,18-20H2,1-3H3,(H,30,34)/t22-/m0/s1. The van der Waals surface area contributed by atoms with Crippen LogP contribution in [0.1, 0.15) is 26.3 Å². The number of anilines is 1. The minimum Gasteiger partial charge on any atom is -0.352 e. The number of carbonyl (C=O) groups excluding carboxylic acids is 2. The maximum atomic E-state index is 14.8. The minimum absolute atomic E-state index is 0.0764. The molecule has 0 radical (unpaired) electrons. The topological polar surface area (TPSA) is 86.8 Å². The Morgan fingerprint density at radius 1 is 0.865 bits per heavy atom. The van der Waals surface area contributed by atoms with Gasteiger partial charge in [-0.3, -0.25) is 13.9 Å². The smallest absolute Gasteiger partial charge is 0.264 e. The molecule has 2 amide bonds. The second-order valence-corrected chi connectivity index (χ2v) is 10.8. The average molecular weight is 526 g/mol. The van der Waals surface area contributed by atoms with E-state index in [1.807, 2.05) is 44.2 Å². The Balaban J connectivity index is 1.97. The summed E-state index contributed by atoms with van der Waals surface area (Å²) in [7, 11) is -4.29. The Labute approximate surface area is 218 Å². The van der Waals surface area contributed by atoms with Gasteiger partial charge in [0, 0.05) is 12.6 Å². The van der Waals surface area contributed by atoms with Crippen molar-refractivity contribution in [1.82, 2.24) is 10.2 Å². The molecule has 0 saturated carbocycles. The highest BCUT2D eigenvalue weighted by atomic mass is 32.2. The first kappa shape index (κ1) is 27.9. The lowest BCUT2D eigenvalue weighted by Crippen LogP contribution is -2.53. The van der Waals surface area contributed by atoms with Gasteiger partial charge < -0.3 is 10.2 Å². The fraction of sp³-hybridized carbons (Fsp3) is 0.286. The second kappa shape index (κ2) is 12.5. The van der Waals surface area contributed by atoms with Gasteiger partial charge >= 0.3 is 0 Å². The van der Waals surface area contributed by atoms with Crippen molar-refractivity contribution in [2.45, 2.75) is 44.2 Å². The molecule has 7 nitrogen and oxygen atoms in total. The van der Waals surface area contributed by atoms with Crippen LogP contribution in [0.3, 0.4) is 0 Å². The Hall–Kier alpha value is -3.72. The Morgan fingerprint density at radius 2 is 1.43 bits per heavy atom. The summed E-state index contributed by atoms with van der Waals surface area (Å²) in [5.74, 6) is -1.76. The van der Waals surface area contributed by atoms with Gasteiger partial charge in [0.15, 0.2) is 0 Å². The van der Waals surface area contributed by atoms with E-state index in [2.05, 4.69) is 5.32 Å². The van der Waals surface area contributed by atoms with Crippen molar-refractivity contribution in [3.8, 4) is 0 Å². The zero-order valence-electron chi connectivity index (χ0n) is 21.2. The SMILES string of the molecule is CC(C)NC(=O)[C@H](C)N(CCc1ccccc1)C(=O)CN(c1ccccc1F)S(=O)(=O)c1ccccc1. The third-order valence-corrected chi connectivity index (χ3v) is 7.59. The van der Waals surface area contributed by atoms with Crippen LogP contribution in [0.5, 0.6) is 0 Å². The summed E-state index contributed by atoms with van der Waals surface area (Å²) < 4.78 is 42.8. The third kappa shape index (κ3) is 7.16. The molecule has 196 valence electrons. The van der Waals surface area contributed by atoms with Crippen molar-refractivity contribution < 1.29 is 22.4 Å². The highest BCUT2D eigenvalue weighted by Gasteiger charge is 2.33. The lowest BCUT2D eigenvalue weighted by molar-refractivity contribution is -0.139. The maximum absolute atomic E-state index is 14.8. The molecule has 3 rings (SSSR count). The van der Waals surface area contributed by atoms with Gasteiger partial charge in [-0.1, -0.05) is 60.7 Å². The number of hydrogen-bond acceptors (Lipinski definition) is 4. The molecule has 0 aromatic heterocycles. The van der Waals surface area contributed by atoms with Gasteiger partial charge in [-0.25, -0.2) is 12.8 Å². The van der Waals surface area contributed by atoms with Crippen molar-refractivity contribution in [2.75, 3.05) is 17.4 Å². The Bertz CT molecular complexity index is 1300. The van der Waals surface area contributed by atoms with E-state index in [0.717, 1.165) is 15.9 Å². The second-order valence-electron chi connectivity index (χ2n) is 8.94. The number of nitrogens with one attached hydrogen (secondary N) is 1. The summed E-state index contributed by atoms with van der Waals surface area (Å²) in [5, 5.41) is 2.80. The van der Waals surface area contributed by atoms with Gasteiger partial charge in [0.05, 0.1) is 10.6 Å². The molecule has 1 N–H and O–H groups in total. The lowest BCUT2D eigenvalue weighted by atomic mass is 10.1. The van der Waals surface area contributed by atoms with Crippen molar-refractivity contribution in [3.05, 3.63) is 96.3 Å². The molecule has 0 fully saturated rings. The number of nitrogens with zero attached hydrogens (tertiary/aromatic N) is 2. The molecular formula is C28H32FN3O4S. The molecule has 0 unspecified atom stereocenters. The molecule has 0 heterocycles. The Kier molecular flexibility index (Phi) is 9.41.